The predicted molar refractivity (Wildman–Crippen MR) is 51.2 cm³/mol. The standard InChI is InChI=1S/C10H21NO/c1-3-4-5-10(12)6-8-11(2)9-7-10/h12H,3-9H2,1-2H3. The molecule has 0 amide bonds. The highest BCUT2D eigenvalue weighted by atomic mass is 16.3. The van der Waals surface area contributed by atoms with Gasteiger partial charge in [0.25, 0.3) is 0 Å². The van der Waals surface area contributed by atoms with E-state index in [9.17, 15) is 5.11 Å². The predicted octanol–water partition coefficient (Wildman–Crippen LogP) is 1.63. The molecule has 0 radical (unpaired) electrons. The molecule has 1 aliphatic heterocycles. The first-order valence-electron chi connectivity index (χ1n) is 5.07. The fraction of sp³-hybridized carbons (Fsp3) is 1.00. The van der Waals surface area contributed by atoms with Crippen LogP contribution in [-0.2, 0) is 0 Å². The molecule has 0 aliphatic carbocycles. The lowest BCUT2D eigenvalue weighted by atomic mass is 9.87. The lowest BCUT2D eigenvalue weighted by Gasteiger charge is -2.36. The molecule has 72 valence electrons. The van der Waals surface area contributed by atoms with Crippen LogP contribution in [0.25, 0.3) is 0 Å². The Balaban J connectivity index is 2.29. The first kappa shape index (κ1) is 10.0. The molecule has 2 nitrogen and oxygen atoms in total. The van der Waals surface area contributed by atoms with Gasteiger partial charge in [0.1, 0.15) is 0 Å². The van der Waals surface area contributed by atoms with Gasteiger partial charge in [0.15, 0.2) is 0 Å². The Morgan fingerprint density at radius 3 is 2.42 bits per heavy atom. The topological polar surface area (TPSA) is 23.5 Å². The summed E-state index contributed by atoms with van der Waals surface area (Å²) in [5.41, 5.74) is -0.331. The number of unbranched alkanes of at least 4 members (excludes halogenated alkanes) is 1. The van der Waals surface area contributed by atoms with Gasteiger partial charge in [-0.25, -0.2) is 0 Å². The Hall–Kier alpha value is -0.0800. The van der Waals surface area contributed by atoms with Gasteiger partial charge in [0.05, 0.1) is 5.60 Å². The summed E-state index contributed by atoms with van der Waals surface area (Å²) in [6.07, 6.45) is 5.28. The van der Waals surface area contributed by atoms with Gasteiger partial charge in [0, 0.05) is 13.1 Å². The highest BCUT2D eigenvalue weighted by molar-refractivity contribution is 4.84. The van der Waals surface area contributed by atoms with Crippen molar-refractivity contribution in [2.24, 2.45) is 0 Å². The molecule has 12 heavy (non-hydrogen) atoms. The molecule has 1 N–H and O–H groups in total. The monoisotopic (exact) mass is 171 g/mol. The van der Waals surface area contributed by atoms with Crippen molar-refractivity contribution >= 4 is 0 Å². The number of likely N-dealkylation sites (tertiary alicyclic amines) is 1. The molecule has 0 aromatic carbocycles. The molecular weight excluding hydrogens is 150 g/mol. The molecule has 0 saturated carbocycles. The molecule has 0 unspecified atom stereocenters. The summed E-state index contributed by atoms with van der Waals surface area (Å²) in [5.74, 6) is 0. The van der Waals surface area contributed by atoms with E-state index in [0.717, 1.165) is 32.4 Å². The van der Waals surface area contributed by atoms with Crippen molar-refractivity contribution in [2.75, 3.05) is 20.1 Å². The van der Waals surface area contributed by atoms with Crippen LogP contribution in [0.2, 0.25) is 0 Å². The van der Waals surface area contributed by atoms with Crippen LogP contribution in [0.15, 0.2) is 0 Å². The van der Waals surface area contributed by atoms with Crippen LogP contribution in [0, 0.1) is 0 Å². The number of piperidine rings is 1. The van der Waals surface area contributed by atoms with Gasteiger partial charge < -0.3 is 10.0 Å². The molecule has 0 aromatic rings. The second-order valence-electron chi connectivity index (χ2n) is 4.13. The summed E-state index contributed by atoms with van der Waals surface area (Å²) in [7, 11) is 2.12. The molecule has 0 bridgehead atoms. The largest absolute Gasteiger partial charge is 0.390 e. The van der Waals surface area contributed by atoms with Crippen LogP contribution in [0.4, 0.5) is 0 Å². The van der Waals surface area contributed by atoms with Crippen LogP contribution in [-0.4, -0.2) is 35.7 Å². The van der Waals surface area contributed by atoms with E-state index in [1.54, 1.807) is 0 Å². The highest BCUT2D eigenvalue weighted by Gasteiger charge is 2.29. The van der Waals surface area contributed by atoms with Crippen molar-refractivity contribution < 1.29 is 5.11 Å². The van der Waals surface area contributed by atoms with E-state index in [0.29, 0.717) is 0 Å². The van der Waals surface area contributed by atoms with Crippen molar-refractivity contribution in [3.05, 3.63) is 0 Å². The molecule has 0 spiro atoms. The van der Waals surface area contributed by atoms with Crippen LogP contribution < -0.4 is 0 Å². The molecular formula is C10H21NO. The van der Waals surface area contributed by atoms with Crippen molar-refractivity contribution in [1.82, 2.24) is 4.90 Å². The van der Waals surface area contributed by atoms with E-state index < -0.39 is 0 Å². The third kappa shape index (κ3) is 2.76. The minimum atomic E-state index is -0.331. The van der Waals surface area contributed by atoms with Crippen molar-refractivity contribution in [3.8, 4) is 0 Å². The van der Waals surface area contributed by atoms with Gasteiger partial charge in [-0.05, 0) is 26.3 Å². The molecule has 1 aliphatic rings. The SMILES string of the molecule is CCCCC1(O)CCN(C)CC1. The van der Waals surface area contributed by atoms with Gasteiger partial charge >= 0.3 is 0 Å². The zero-order valence-electron chi connectivity index (χ0n) is 8.34. The molecule has 1 rings (SSSR count). The van der Waals surface area contributed by atoms with Crippen LogP contribution in [0.1, 0.15) is 39.0 Å². The van der Waals surface area contributed by atoms with Crippen LogP contribution in [0.5, 0.6) is 0 Å². The third-order valence-electron chi connectivity index (χ3n) is 2.91. The number of nitrogens with zero attached hydrogens (tertiary/aromatic N) is 1. The number of aliphatic hydroxyl groups is 1. The van der Waals surface area contributed by atoms with E-state index in [1.807, 2.05) is 0 Å². The van der Waals surface area contributed by atoms with E-state index in [1.165, 1.54) is 12.8 Å². The van der Waals surface area contributed by atoms with Gasteiger partial charge in [-0.2, -0.15) is 0 Å². The molecule has 1 saturated heterocycles. The highest BCUT2D eigenvalue weighted by Crippen LogP contribution is 2.26. The lowest BCUT2D eigenvalue weighted by molar-refractivity contribution is -0.0237. The van der Waals surface area contributed by atoms with E-state index >= 15 is 0 Å². The summed E-state index contributed by atoms with van der Waals surface area (Å²) in [4.78, 5) is 2.29. The summed E-state index contributed by atoms with van der Waals surface area (Å²) in [6, 6.07) is 0. The Labute approximate surface area is 75.6 Å². The molecule has 1 fully saturated rings. The Morgan fingerprint density at radius 1 is 1.33 bits per heavy atom. The molecule has 0 atom stereocenters. The minimum absolute atomic E-state index is 0.331. The second-order valence-corrected chi connectivity index (χ2v) is 4.13. The van der Waals surface area contributed by atoms with Crippen LogP contribution >= 0.6 is 0 Å². The average Bonchev–Trinajstić information content (AvgIpc) is 2.08. The van der Waals surface area contributed by atoms with Gasteiger partial charge in [0.2, 0.25) is 0 Å². The Bertz CT molecular complexity index is 122. The van der Waals surface area contributed by atoms with Crippen LogP contribution in [0.3, 0.4) is 0 Å². The number of hydrogen-bond acceptors (Lipinski definition) is 2. The average molecular weight is 171 g/mol. The summed E-state index contributed by atoms with van der Waals surface area (Å²) in [6.45, 7) is 4.29. The first-order valence-corrected chi connectivity index (χ1v) is 5.07. The zero-order valence-corrected chi connectivity index (χ0v) is 8.34. The quantitative estimate of drug-likeness (QED) is 0.697. The van der Waals surface area contributed by atoms with Gasteiger partial charge in [-0.1, -0.05) is 19.8 Å². The number of rotatable bonds is 3. The maximum Gasteiger partial charge on any atom is 0.0672 e. The molecule has 0 aromatic heterocycles. The Morgan fingerprint density at radius 2 is 1.92 bits per heavy atom. The van der Waals surface area contributed by atoms with Crippen molar-refractivity contribution in [3.63, 3.8) is 0 Å². The maximum absolute atomic E-state index is 10.1. The second kappa shape index (κ2) is 4.24. The smallest absolute Gasteiger partial charge is 0.0672 e. The summed E-state index contributed by atoms with van der Waals surface area (Å²) < 4.78 is 0. The fourth-order valence-electron chi connectivity index (χ4n) is 1.79. The van der Waals surface area contributed by atoms with E-state index in [4.69, 9.17) is 0 Å². The molecule has 1 heterocycles. The zero-order chi connectivity index (χ0) is 9.03. The van der Waals surface area contributed by atoms with Crippen molar-refractivity contribution in [1.29, 1.82) is 0 Å². The Kier molecular flexibility index (Phi) is 3.53. The fourth-order valence-corrected chi connectivity index (χ4v) is 1.79. The number of hydrogen-bond donors (Lipinski definition) is 1. The first-order chi connectivity index (χ1) is 5.66. The minimum Gasteiger partial charge on any atom is -0.390 e. The summed E-state index contributed by atoms with van der Waals surface area (Å²) >= 11 is 0. The summed E-state index contributed by atoms with van der Waals surface area (Å²) in [5, 5.41) is 10.1. The third-order valence-corrected chi connectivity index (χ3v) is 2.91. The normalized spacial score (nSPS) is 24.2. The molecule has 2 heteroatoms. The maximum atomic E-state index is 10.1. The van der Waals surface area contributed by atoms with E-state index in [2.05, 4.69) is 18.9 Å². The van der Waals surface area contributed by atoms with Gasteiger partial charge in [-0.3, -0.25) is 0 Å². The van der Waals surface area contributed by atoms with Crippen molar-refractivity contribution in [2.45, 2.75) is 44.6 Å². The van der Waals surface area contributed by atoms with E-state index in [-0.39, 0.29) is 5.60 Å². The van der Waals surface area contributed by atoms with Gasteiger partial charge in [-0.15, -0.1) is 0 Å². The lowest BCUT2D eigenvalue weighted by Crippen LogP contribution is -2.42.